The van der Waals surface area contributed by atoms with Crippen molar-refractivity contribution in [1.29, 1.82) is 0 Å². The van der Waals surface area contributed by atoms with Gasteiger partial charge >= 0.3 is 5.97 Å². The number of hydrogen-bond donors (Lipinski definition) is 2. The molecule has 1 heterocycles. The van der Waals surface area contributed by atoms with E-state index in [9.17, 15) is 18.8 Å². The zero-order valence-electron chi connectivity index (χ0n) is 14.5. The Balaban J connectivity index is 2.66. The van der Waals surface area contributed by atoms with Gasteiger partial charge in [-0.15, -0.1) is 6.58 Å². The fraction of sp³-hybridized carbons (Fsp3) is 0.211. The summed E-state index contributed by atoms with van der Waals surface area (Å²) in [7, 11) is 0. The zero-order valence-corrected chi connectivity index (χ0v) is 14.5. The fourth-order valence-electron chi connectivity index (χ4n) is 2.55. The number of aromatic amines is 1. The minimum atomic E-state index is -0.913. The molecule has 2 rings (SSSR count). The van der Waals surface area contributed by atoms with Crippen molar-refractivity contribution in [2.24, 2.45) is 0 Å². The summed E-state index contributed by atoms with van der Waals surface area (Å²) in [5, 5.41) is 2.37. The van der Waals surface area contributed by atoms with Gasteiger partial charge in [0, 0.05) is 23.4 Å². The number of amides is 1. The van der Waals surface area contributed by atoms with Gasteiger partial charge in [-0.2, -0.15) is 0 Å². The van der Waals surface area contributed by atoms with E-state index in [1.807, 2.05) is 0 Å². The molecule has 0 aliphatic carbocycles. The molecule has 0 saturated heterocycles. The number of carbonyl (C=O) groups is 3. The number of Topliss-reactive ketones (excluding diaryl/α,β-unsaturated/α-hetero) is 1. The number of esters is 1. The number of nitrogens with one attached hydrogen (secondary N) is 2. The molecule has 0 radical (unpaired) electrons. The van der Waals surface area contributed by atoms with Crippen molar-refractivity contribution >= 4 is 17.7 Å². The molecule has 136 valence electrons. The lowest BCUT2D eigenvalue weighted by Gasteiger charge is -2.09. The van der Waals surface area contributed by atoms with Crippen molar-refractivity contribution in [2.75, 3.05) is 13.2 Å². The maximum atomic E-state index is 14.4. The number of rotatable bonds is 7. The predicted octanol–water partition coefficient (Wildman–Crippen LogP) is 2.79. The smallest absolute Gasteiger partial charge is 0.340 e. The molecule has 0 fully saturated rings. The number of H-pyrrole nitrogens is 1. The molecule has 26 heavy (non-hydrogen) atoms. The first-order valence-corrected chi connectivity index (χ1v) is 8.00. The average Bonchev–Trinajstić information content (AvgIpc) is 2.96. The summed E-state index contributed by atoms with van der Waals surface area (Å²) in [6.07, 6.45) is 1.42. The normalized spacial score (nSPS) is 10.3. The quantitative estimate of drug-likeness (QED) is 0.345. The van der Waals surface area contributed by atoms with E-state index in [-0.39, 0.29) is 35.5 Å². The van der Waals surface area contributed by atoms with E-state index in [1.165, 1.54) is 24.3 Å². The molecule has 0 unspecified atom stereocenters. The summed E-state index contributed by atoms with van der Waals surface area (Å²) in [6, 6.07) is 5.69. The minimum absolute atomic E-state index is 0.0119. The second-order valence-corrected chi connectivity index (χ2v) is 5.40. The predicted molar refractivity (Wildman–Crippen MR) is 94.4 cm³/mol. The maximum Gasteiger partial charge on any atom is 0.340 e. The Hall–Kier alpha value is -3.22. The number of carbonyl (C=O) groups excluding carboxylic acids is 3. The van der Waals surface area contributed by atoms with Crippen molar-refractivity contribution < 1.29 is 23.5 Å². The first-order valence-electron chi connectivity index (χ1n) is 8.00. The fourth-order valence-corrected chi connectivity index (χ4v) is 2.55. The van der Waals surface area contributed by atoms with Crippen molar-refractivity contribution in [3.63, 3.8) is 0 Å². The van der Waals surface area contributed by atoms with Crippen LogP contribution in [-0.4, -0.2) is 35.8 Å². The topological polar surface area (TPSA) is 88.3 Å². The van der Waals surface area contributed by atoms with Gasteiger partial charge < -0.3 is 15.0 Å². The lowest BCUT2D eigenvalue weighted by atomic mass is 9.98. The van der Waals surface area contributed by atoms with Gasteiger partial charge in [0.1, 0.15) is 11.5 Å². The summed E-state index contributed by atoms with van der Waals surface area (Å²) < 4.78 is 19.4. The number of halogens is 1. The molecule has 2 aromatic rings. The molecule has 0 bridgehead atoms. The summed E-state index contributed by atoms with van der Waals surface area (Å²) in [5.41, 5.74) is 0.202. The Morgan fingerprint density at radius 3 is 2.62 bits per heavy atom. The van der Waals surface area contributed by atoms with Crippen molar-refractivity contribution in [2.45, 2.75) is 13.8 Å². The average molecular weight is 358 g/mol. The van der Waals surface area contributed by atoms with Gasteiger partial charge in [0.2, 0.25) is 0 Å². The van der Waals surface area contributed by atoms with E-state index < -0.39 is 23.5 Å². The van der Waals surface area contributed by atoms with Crippen LogP contribution in [0.5, 0.6) is 0 Å². The summed E-state index contributed by atoms with van der Waals surface area (Å²) in [5.74, 6) is -3.13. The van der Waals surface area contributed by atoms with E-state index in [1.54, 1.807) is 19.9 Å². The molecular formula is C19H19FN2O4. The molecule has 0 aliphatic heterocycles. The second-order valence-electron chi connectivity index (χ2n) is 5.40. The van der Waals surface area contributed by atoms with Crippen LogP contribution in [0.3, 0.4) is 0 Å². The molecule has 0 aliphatic rings. The van der Waals surface area contributed by atoms with Crippen LogP contribution in [0.4, 0.5) is 4.39 Å². The molecule has 1 amide bonds. The maximum absolute atomic E-state index is 14.4. The van der Waals surface area contributed by atoms with E-state index in [2.05, 4.69) is 16.9 Å². The van der Waals surface area contributed by atoms with Crippen molar-refractivity contribution in [1.82, 2.24) is 10.3 Å². The Labute approximate surface area is 150 Å². The Bertz CT molecular complexity index is 870. The van der Waals surface area contributed by atoms with E-state index >= 15 is 0 Å². The minimum Gasteiger partial charge on any atom is -0.462 e. The van der Waals surface area contributed by atoms with Crippen LogP contribution >= 0.6 is 0 Å². The van der Waals surface area contributed by atoms with Gasteiger partial charge in [-0.05, 0) is 19.9 Å². The SMILES string of the molecule is C=CCNC(=O)C(=O)c1[nH]c(C)c(C(=O)OCC)c1-c1ccccc1F. The third-order valence-corrected chi connectivity index (χ3v) is 3.65. The first-order chi connectivity index (χ1) is 12.4. The lowest BCUT2D eigenvalue weighted by molar-refractivity contribution is -0.116. The molecule has 1 aromatic carbocycles. The number of ether oxygens (including phenoxy) is 1. The molecule has 1 aromatic heterocycles. The van der Waals surface area contributed by atoms with Crippen LogP contribution in [0.2, 0.25) is 0 Å². The summed E-state index contributed by atoms with van der Waals surface area (Å²) in [6.45, 7) is 6.86. The van der Waals surface area contributed by atoms with Crippen LogP contribution < -0.4 is 5.32 Å². The van der Waals surface area contributed by atoms with Gasteiger partial charge in [0.15, 0.2) is 0 Å². The number of benzene rings is 1. The third-order valence-electron chi connectivity index (χ3n) is 3.65. The molecule has 0 spiro atoms. The monoisotopic (exact) mass is 358 g/mol. The zero-order chi connectivity index (χ0) is 19.3. The number of aryl methyl sites for hydroxylation is 1. The standard InChI is InChI=1S/C19H19FN2O4/c1-4-10-21-18(24)17(23)16-15(12-8-6-7-9-13(12)20)14(11(3)22-16)19(25)26-5-2/h4,6-9,22H,1,5,10H2,2-3H3,(H,21,24). The van der Waals surface area contributed by atoms with Crippen LogP contribution in [0.15, 0.2) is 36.9 Å². The highest BCUT2D eigenvalue weighted by Crippen LogP contribution is 2.33. The molecule has 0 saturated carbocycles. The van der Waals surface area contributed by atoms with Gasteiger partial charge in [-0.25, -0.2) is 9.18 Å². The lowest BCUT2D eigenvalue weighted by Crippen LogP contribution is -2.31. The number of hydrogen-bond acceptors (Lipinski definition) is 4. The Morgan fingerprint density at radius 1 is 1.31 bits per heavy atom. The van der Waals surface area contributed by atoms with E-state index in [0.29, 0.717) is 5.69 Å². The molecule has 6 nitrogen and oxygen atoms in total. The highest BCUT2D eigenvalue weighted by molar-refractivity contribution is 6.43. The highest BCUT2D eigenvalue weighted by atomic mass is 19.1. The van der Waals surface area contributed by atoms with Crippen LogP contribution in [0, 0.1) is 12.7 Å². The van der Waals surface area contributed by atoms with Crippen LogP contribution in [0.1, 0.15) is 33.5 Å². The molecule has 2 N–H and O–H groups in total. The Morgan fingerprint density at radius 2 is 2.00 bits per heavy atom. The third kappa shape index (κ3) is 3.72. The summed E-state index contributed by atoms with van der Waals surface area (Å²) >= 11 is 0. The number of aromatic nitrogens is 1. The Kier molecular flexibility index (Phi) is 6.06. The second kappa shape index (κ2) is 8.24. The van der Waals surface area contributed by atoms with Gasteiger partial charge in [-0.1, -0.05) is 24.3 Å². The first kappa shape index (κ1) is 19.1. The van der Waals surface area contributed by atoms with Gasteiger partial charge in [0.05, 0.1) is 12.2 Å². The highest BCUT2D eigenvalue weighted by Gasteiger charge is 2.30. The van der Waals surface area contributed by atoms with Crippen molar-refractivity contribution in [3.05, 3.63) is 59.7 Å². The molecule has 7 heteroatoms. The van der Waals surface area contributed by atoms with E-state index in [0.717, 1.165) is 0 Å². The van der Waals surface area contributed by atoms with Gasteiger partial charge in [-0.3, -0.25) is 9.59 Å². The number of ketones is 1. The van der Waals surface area contributed by atoms with Crippen LogP contribution in [-0.2, 0) is 9.53 Å². The van der Waals surface area contributed by atoms with Gasteiger partial charge in [0.25, 0.3) is 11.7 Å². The molecular weight excluding hydrogens is 339 g/mol. The van der Waals surface area contributed by atoms with Crippen molar-refractivity contribution in [3.8, 4) is 11.1 Å². The van der Waals surface area contributed by atoms with Crippen LogP contribution in [0.25, 0.3) is 11.1 Å². The summed E-state index contributed by atoms with van der Waals surface area (Å²) in [4.78, 5) is 39.7. The largest absolute Gasteiger partial charge is 0.462 e. The molecule has 0 atom stereocenters. The van der Waals surface area contributed by atoms with E-state index in [4.69, 9.17) is 4.74 Å².